The van der Waals surface area contributed by atoms with Gasteiger partial charge in [0.1, 0.15) is 0 Å². The topological polar surface area (TPSA) is 84.0 Å². The van der Waals surface area contributed by atoms with Crippen LogP contribution in [0, 0.1) is 13.8 Å². The molecule has 2 aromatic carbocycles. The molecule has 1 heterocycles. The van der Waals surface area contributed by atoms with Crippen LogP contribution in [-0.2, 0) is 37.3 Å². The maximum atomic E-state index is 12.7. The summed E-state index contributed by atoms with van der Waals surface area (Å²) < 4.78 is 32.2. The fourth-order valence-corrected chi connectivity index (χ4v) is 5.54. The van der Waals surface area contributed by atoms with E-state index in [1.165, 1.54) is 9.87 Å². The first kappa shape index (κ1) is 25.9. The van der Waals surface area contributed by atoms with Crippen LogP contribution in [0.5, 0.6) is 0 Å². The lowest BCUT2D eigenvalue weighted by atomic mass is 10.1. The van der Waals surface area contributed by atoms with Gasteiger partial charge in [0, 0.05) is 33.1 Å². The number of esters is 1. The number of hydrogen-bond donors (Lipinski definition) is 0. The third-order valence-corrected chi connectivity index (χ3v) is 8.09. The van der Waals surface area contributed by atoms with E-state index in [1.54, 1.807) is 36.2 Å². The van der Waals surface area contributed by atoms with Crippen LogP contribution in [-0.4, -0.2) is 56.2 Å². The molecule has 0 unspecified atom stereocenters. The van der Waals surface area contributed by atoms with Crippen LogP contribution in [0.2, 0.25) is 0 Å². The second kappa shape index (κ2) is 11.6. The van der Waals surface area contributed by atoms with Gasteiger partial charge in [-0.2, -0.15) is 4.31 Å². The minimum atomic E-state index is -3.46. The number of carbonyl (C=O) groups excluding carboxylic acids is 2. The molecule has 0 N–H and O–H groups in total. The van der Waals surface area contributed by atoms with Crippen LogP contribution >= 0.6 is 0 Å². The molecule has 0 bridgehead atoms. The maximum Gasteiger partial charge on any atom is 0.306 e. The lowest BCUT2D eigenvalue weighted by molar-refractivity contribution is -0.151. The normalized spacial score (nSPS) is 14.6. The summed E-state index contributed by atoms with van der Waals surface area (Å²) in [7, 11) is -1.78. The molecule has 0 radical (unpaired) electrons. The number of nitrogens with zero attached hydrogens (tertiary/aromatic N) is 2. The summed E-state index contributed by atoms with van der Waals surface area (Å²) in [4.78, 5) is 26.3. The van der Waals surface area contributed by atoms with Gasteiger partial charge in [-0.15, -0.1) is 0 Å². The zero-order chi connectivity index (χ0) is 24.7. The monoisotopic (exact) mass is 486 g/mol. The summed E-state index contributed by atoms with van der Waals surface area (Å²) in [6, 6.07) is 12.7. The van der Waals surface area contributed by atoms with Crippen molar-refractivity contribution in [1.29, 1.82) is 0 Å². The third-order valence-electron chi connectivity index (χ3n) is 6.18. The number of aryl methyl sites for hydroxylation is 3. The van der Waals surface area contributed by atoms with Crippen LogP contribution in [0.15, 0.2) is 47.4 Å². The number of sulfonamides is 1. The summed E-state index contributed by atoms with van der Waals surface area (Å²) in [5, 5.41) is 0. The molecular formula is C26H34N2O5S. The van der Waals surface area contributed by atoms with E-state index in [1.807, 2.05) is 26.0 Å². The van der Waals surface area contributed by atoms with Gasteiger partial charge in [-0.25, -0.2) is 8.42 Å². The van der Waals surface area contributed by atoms with Gasteiger partial charge in [-0.3, -0.25) is 9.59 Å². The Bertz CT molecular complexity index is 1110. The number of carbonyl (C=O) groups is 2. The van der Waals surface area contributed by atoms with Crippen molar-refractivity contribution >= 4 is 21.9 Å². The Balaban J connectivity index is 1.44. The molecule has 3 rings (SSSR count). The lowest BCUT2D eigenvalue weighted by Gasteiger charge is -2.25. The molecule has 0 atom stereocenters. The van der Waals surface area contributed by atoms with Gasteiger partial charge in [-0.05, 0) is 61.9 Å². The lowest BCUT2D eigenvalue weighted by Crippen LogP contribution is -2.35. The van der Waals surface area contributed by atoms with Crippen molar-refractivity contribution in [3.05, 3.63) is 64.7 Å². The molecule has 7 nitrogen and oxygen atoms in total. The Kier molecular flexibility index (Phi) is 8.85. The summed E-state index contributed by atoms with van der Waals surface area (Å²) in [5.41, 5.74) is 4.18. The molecule has 1 saturated heterocycles. The molecule has 0 spiro atoms. The second-order valence-electron chi connectivity index (χ2n) is 8.95. The van der Waals surface area contributed by atoms with Gasteiger partial charge in [0.25, 0.3) is 5.91 Å². The van der Waals surface area contributed by atoms with Crippen LogP contribution < -0.4 is 0 Å². The van der Waals surface area contributed by atoms with Crippen LogP contribution in [0.3, 0.4) is 0 Å². The van der Waals surface area contributed by atoms with E-state index < -0.39 is 16.0 Å². The van der Waals surface area contributed by atoms with Crippen molar-refractivity contribution in [3.63, 3.8) is 0 Å². The number of benzene rings is 2. The highest BCUT2D eigenvalue weighted by atomic mass is 32.2. The van der Waals surface area contributed by atoms with Crippen molar-refractivity contribution in [1.82, 2.24) is 9.21 Å². The van der Waals surface area contributed by atoms with E-state index in [0.717, 1.165) is 36.0 Å². The molecule has 0 aromatic heterocycles. The highest BCUT2D eigenvalue weighted by Gasteiger charge is 2.25. The van der Waals surface area contributed by atoms with Crippen molar-refractivity contribution in [2.75, 3.05) is 26.7 Å². The summed E-state index contributed by atoms with van der Waals surface area (Å²) >= 11 is 0. The molecule has 8 heteroatoms. The van der Waals surface area contributed by atoms with Crippen molar-refractivity contribution in [2.24, 2.45) is 0 Å². The molecular weight excluding hydrogens is 452 g/mol. The Morgan fingerprint density at radius 3 is 2.32 bits per heavy atom. The van der Waals surface area contributed by atoms with Gasteiger partial charge in [0.15, 0.2) is 6.61 Å². The van der Waals surface area contributed by atoms with Crippen molar-refractivity contribution in [2.45, 2.75) is 57.4 Å². The van der Waals surface area contributed by atoms with E-state index >= 15 is 0 Å². The van der Waals surface area contributed by atoms with Crippen LogP contribution in [0.1, 0.15) is 47.9 Å². The number of piperidine rings is 1. The molecule has 0 aliphatic carbocycles. The number of rotatable bonds is 9. The van der Waals surface area contributed by atoms with E-state index in [-0.39, 0.29) is 23.8 Å². The molecule has 2 aromatic rings. The molecule has 1 aliphatic heterocycles. The predicted molar refractivity (Wildman–Crippen MR) is 131 cm³/mol. The Labute approximate surface area is 202 Å². The Morgan fingerprint density at radius 2 is 1.68 bits per heavy atom. The molecule has 1 fully saturated rings. The molecule has 34 heavy (non-hydrogen) atoms. The smallest absolute Gasteiger partial charge is 0.306 e. The molecule has 0 saturated carbocycles. The van der Waals surface area contributed by atoms with Crippen LogP contribution in [0.4, 0.5) is 0 Å². The average molecular weight is 487 g/mol. The zero-order valence-electron chi connectivity index (χ0n) is 20.2. The first-order chi connectivity index (χ1) is 16.2. The average Bonchev–Trinajstić information content (AvgIpc) is 2.83. The minimum absolute atomic E-state index is 0.117. The van der Waals surface area contributed by atoms with Gasteiger partial charge >= 0.3 is 5.97 Å². The SMILES string of the molecule is Cc1ccc(CN(C)C(=O)COC(=O)CCc2ccc(S(=O)(=O)N3CCCCC3)cc2)c(C)c1. The number of likely N-dealkylation sites (N-methyl/N-ethyl adjacent to an activating group) is 1. The molecule has 1 aliphatic rings. The highest BCUT2D eigenvalue weighted by Crippen LogP contribution is 2.21. The van der Waals surface area contributed by atoms with E-state index in [9.17, 15) is 18.0 Å². The van der Waals surface area contributed by atoms with E-state index in [0.29, 0.717) is 26.1 Å². The number of hydrogen-bond acceptors (Lipinski definition) is 5. The van der Waals surface area contributed by atoms with Gasteiger partial charge < -0.3 is 9.64 Å². The molecule has 184 valence electrons. The fraction of sp³-hybridized carbons (Fsp3) is 0.462. The number of ether oxygens (including phenoxy) is 1. The maximum absolute atomic E-state index is 12.7. The summed E-state index contributed by atoms with van der Waals surface area (Å²) in [5.74, 6) is -0.723. The zero-order valence-corrected chi connectivity index (χ0v) is 21.1. The Morgan fingerprint density at radius 1 is 1.00 bits per heavy atom. The van der Waals surface area contributed by atoms with Gasteiger partial charge in [0.2, 0.25) is 10.0 Å². The quantitative estimate of drug-likeness (QED) is 0.506. The van der Waals surface area contributed by atoms with Crippen molar-refractivity contribution < 1.29 is 22.7 Å². The number of amides is 1. The van der Waals surface area contributed by atoms with Crippen LogP contribution in [0.25, 0.3) is 0 Å². The molecule has 1 amide bonds. The summed E-state index contributed by atoms with van der Waals surface area (Å²) in [6.45, 7) is 5.32. The first-order valence-corrected chi connectivity index (χ1v) is 13.2. The largest absolute Gasteiger partial charge is 0.456 e. The first-order valence-electron chi connectivity index (χ1n) is 11.7. The van der Waals surface area contributed by atoms with E-state index in [2.05, 4.69) is 6.07 Å². The van der Waals surface area contributed by atoms with Crippen molar-refractivity contribution in [3.8, 4) is 0 Å². The highest BCUT2D eigenvalue weighted by molar-refractivity contribution is 7.89. The minimum Gasteiger partial charge on any atom is -0.456 e. The summed E-state index contributed by atoms with van der Waals surface area (Å²) in [6.07, 6.45) is 3.38. The second-order valence-corrected chi connectivity index (χ2v) is 10.9. The van der Waals surface area contributed by atoms with E-state index in [4.69, 9.17) is 4.74 Å². The third kappa shape index (κ3) is 6.90. The Hall–Kier alpha value is -2.71. The predicted octanol–water partition coefficient (Wildman–Crippen LogP) is 3.61. The standard InChI is InChI=1S/C26H34N2O5S/c1-20-7-11-23(21(2)17-20)18-27(3)25(29)19-33-26(30)14-10-22-8-12-24(13-9-22)34(31,32)28-15-5-4-6-16-28/h7-9,11-13,17H,4-6,10,14-16,18-19H2,1-3H3. The fourth-order valence-electron chi connectivity index (χ4n) is 4.02. The van der Waals surface area contributed by atoms with Gasteiger partial charge in [0.05, 0.1) is 4.90 Å². The van der Waals surface area contributed by atoms with Gasteiger partial charge in [-0.1, -0.05) is 42.3 Å².